The van der Waals surface area contributed by atoms with Gasteiger partial charge in [0, 0.05) is 24.5 Å². The Morgan fingerprint density at radius 2 is 2.25 bits per heavy atom. The van der Waals surface area contributed by atoms with Gasteiger partial charge in [0.1, 0.15) is 11.4 Å². The van der Waals surface area contributed by atoms with Crippen molar-refractivity contribution in [2.45, 2.75) is 32.3 Å². The number of halogens is 1. The molecule has 0 radical (unpaired) electrons. The monoisotopic (exact) mass is 388 g/mol. The summed E-state index contributed by atoms with van der Waals surface area (Å²) < 4.78 is 20.5. The number of ether oxygens (including phenoxy) is 1. The first kappa shape index (κ1) is 18.1. The van der Waals surface area contributed by atoms with Crippen LogP contribution in [0.3, 0.4) is 0 Å². The van der Waals surface area contributed by atoms with Crippen LogP contribution in [0, 0.1) is 5.82 Å². The highest BCUT2D eigenvalue weighted by Crippen LogP contribution is 2.29. The zero-order chi connectivity index (χ0) is 20.0. The molecule has 0 unspecified atom stereocenters. The number of fused-ring (bicyclic) bond motifs is 2. The molecule has 2 aliphatic heterocycles. The SMILES string of the molecule is C[C@H]1CO[C@@H]2Cn3cc(C(=O)NCc4ccncc4F)c(=O)c(O)c3C(=O)N12. The maximum Gasteiger partial charge on any atom is 0.276 e. The van der Waals surface area contributed by atoms with E-state index in [2.05, 4.69) is 10.3 Å². The van der Waals surface area contributed by atoms with Crippen LogP contribution >= 0.6 is 0 Å². The summed E-state index contributed by atoms with van der Waals surface area (Å²) >= 11 is 0. The summed E-state index contributed by atoms with van der Waals surface area (Å²) in [5.41, 5.74) is -1.28. The Bertz CT molecular complexity index is 1040. The Morgan fingerprint density at radius 1 is 1.46 bits per heavy atom. The third kappa shape index (κ3) is 2.82. The van der Waals surface area contributed by atoms with Crippen molar-refractivity contribution in [3.05, 3.63) is 57.5 Å². The molecule has 2 amide bonds. The summed E-state index contributed by atoms with van der Waals surface area (Å²) in [5, 5.41) is 12.7. The summed E-state index contributed by atoms with van der Waals surface area (Å²) in [5.74, 6) is -2.69. The van der Waals surface area contributed by atoms with Crippen LogP contribution in [-0.4, -0.2) is 50.2 Å². The van der Waals surface area contributed by atoms with E-state index in [0.717, 1.165) is 6.20 Å². The smallest absolute Gasteiger partial charge is 0.276 e. The van der Waals surface area contributed by atoms with Crippen molar-refractivity contribution in [2.24, 2.45) is 0 Å². The number of nitrogens with one attached hydrogen (secondary N) is 1. The molecular formula is C18H17FN4O5. The number of carbonyl (C=O) groups is 2. The molecule has 2 aromatic rings. The number of rotatable bonds is 3. The number of nitrogens with zero attached hydrogens (tertiary/aromatic N) is 3. The molecule has 4 heterocycles. The number of pyridine rings is 2. The third-order valence-electron chi connectivity index (χ3n) is 4.90. The van der Waals surface area contributed by atoms with Gasteiger partial charge in [-0.05, 0) is 13.0 Å². The molecule has 9 nitrogen and oxygen atoms in total. The lowest BCUT2D eigenvalue weighted by Gasteiger charge is -2.33. The van der Waals surface area contributed by atoms with Gasteiger partial charge in [-0.15, -0.1) is 0 Å². The standard InChI is InChI=1S/C18H17FN4O5/c1-9-8-28-13-7-22-6-11(15(24)16(25)14(22)18(27)23(9)13)17(26)21-4-10-2-3-20-5-12(10)19/h2-3,5-6,9,13,25H,4,7-8H2,1H3,(H,21,26)/t9-,13+/m0/s1. The molecule has 2 atom stereocenters. The second kappa shape index (κ2) is 6.71. The first-order valence-electron chi connectivity index (χ1n) is 8.65. The summed E-state index contributed by atoms with van der Waals surface area (Å²) in [4.78, 5) is 42.7. The van der Waals surface area contributed by atoms with E-state index in [1.807, 2.05) is 6.92 Å². The average Bonchev–Trinajstić information content (AvgIpc) is 3.04. The molecule has 0 saturated carbocycles. The van der Waals surface area contributed by atoms with E-state index < -0.39 is 35.0 Å². The van der Waals surface area contributed by atoms with Crippen molar-refractivity contribution in [1.29, 1.82) is 0 Å². The van der Waals surface area contributed by atoms with E-state index in [4.69, 9.17) is 4.74 Å². The Balaban J connectivity index is 1.64. The van der Waals surface area contributed by atoms with Crippen molar-refractivity contribution in [1.82, 2.24) is 19.8 Å². The summed E-state index contributed by atoms with van der Waals surface area (Å²) in [6.45, 7) is 2.17. The van der Waals surface area contributed by atoms with Crippen LogP contribution in [0.1, 0.15) is 33.3 Å². The van der Waals surface area contributed by atoms with E-state index in [1.54, 1.807) is 0 Å². The van der Waals surface area contributed by atoms with Crippen LogP contribution in [0.4, 0.5) is 4.39 Å². The number of amides is 2. The van der Waals surface area contributed by atoms with Gasteiger partial charge in [-0.2, -0.15) is 0 Å². The minimum absolute atomic E-state index is 0.162. The summed E-state index contributed by atoms with van der Waals surface area (Å²) in [7, 11) is 0. The van der Waals surface area contributed by atoms with Crippen molar-refractivity contribution >= 4 is 11.8 Å². The average molecular weight is 388 g/mol. The van der Waals surface area contributed by atoms with E-state index >= 15 is 0 Å². The van der Waals surface area contributed by atoms with Crippen LogP contribution in [0.25, 0.3) is 0 Å². The lowest BCUT2D eigenvalue weighted by atomic mass is 10.1. The minimum atomic E-state index is -0.960. The first-order valence-corrected chi connectivity index (χ1v) is 8.65. The van der Waals surface area contributed by atoms with Crippen LogP contribution in [0.2, 0.25) is 0 Å². The van der Waals surface area contributed by atoms with Crippen LogP contribution in [0.5, 0.6) is 5.75 Å². The predicted octanol–water partition coefficient (Wildman–Crippen LogP) is 0.219. The highest BCUT2D eigenvalue weighted by atomic mass is 19.1. The lowest BCUT2D eigenvalue weighted by Crippen LogP contribution is -2.49. The van der Waals surface area contributed by atoms with E-state index in [1.165, 1.54) is 27.9 Å². The van der Waals surface area contributed by atoms with Crippen molar-refractivity contribution in [2.75, 3.05) is 6.61 Å². The summed E-state index contributed by atoms with van der Waals surface area (Å²) in [6.07, 6.45) is 3.08. The fourth-order valence-corrected chi connectivity index (χ4v) is 3.46. The van der Waals surface area contributed by atoms with Crippen molar-refractivity contribution in [3.63, 3.8) is 0 Å². The molecule has 28 heavy (non-hydrogen) atoms. The fourth-order valence-electron chi connectivity index (χ4n) is 3.46. The maximum atomic E-state index is 13.6. The minimum Gasteiger partial charge on any atom is -0.503 e. The molecule has 0 bridgehead atoms. The zero-order valence-corrected chi connectivity index (χ0v) is 14.9. The van der Waals surface area contributed by atoms with E-state index in [-0.39, 0.29) is 36.0 Å². The molecule has 146 valence electrons. The van der Waals surface area contributed by atoms with Crippen LogP contribution in [0.15, 0.2) is 29.5 Å². The Kier molecular flexibility index (Phi) is 4.34. The Labute approximate surface area is 158 Å². The fraction of sp³-hybridized carbons (Fsp3) is 0.333. The molecule has 2 N–H and O–H groups in total. The Hall–Kier alpha value is -3.27. The molecule has 0 aliphatic carbocycles. The normalized spacial score (nSPS) is 20.6. The van der Waals surface area contributed by atoms with Gasteiger partial charge in [0.05, 0.1) is 25.4 Å². The molecule has 1 fully saturated rings. The number of hydrogen-bond donors (Lipinski definition) is 2. The highest BCUT2D eigenvalue weighted by Gasteiger charge is 2.42. The third-order valence-corrected chi connectivity index (χ3v) is 4.90. The van der Waals surface area contributed by atoms with Crippen molar-refractivity contribution in [3.8, 4) is 5.75 Å². The molecule has 4 rings (SSSR count). The molecule has 0 spiro atoms. The second-order valence-corrected chi connectivity index (χ2v) is 6.72. The van der Waals surface area contributed by atoms with Gasteiger partial charge >= 0.3 is 0 Å². The van der Waals surface area contributed by atoms with Crippen LogP contribution < -0.4 is 10.7 Å². The number of hydrogen-bond acceptors (Lipinski definition) is 6. The number of aromatic hydroxyl groups is 1. The van der Waals surface area contributed by atoms with E-state index in [0.29, 0.717) is 6.61 Å². The van der Waals surface area contributed by atoms with Gasteiger partial charge in [-0.1, -0.05) is 0 Å². The molecule has 2 aliphatic rings. The van der Waals surface area contributed by atoms with E-state index in [9.17, 15) is 23.9 Å². The van der Waals surface area contributed by atoms with Gasteiger partial charge in [0.25, 0.3) is 11.8 Å². The first-order chi connectivity index (χ1) is 13.4. The predicted molar refractivity (Wildman–Crippen MR) is 93.1 cm³/mol. The molecule has 2 aromatic heterocycles. The molecule has 10 heteroatoms. The van der Waals surface area contributed by atoms with Gasteiger partial charge in [-0.3, -0.25) is 19.4 Å². The van der Waals surface area contributed by atoms with Gasteiger partial charge < -0.3 is 24.6 Å². The maximum absolute atomic E-state index is 13.6. The van der Waals surface area contributed by atoms with Gasteiger partial charge in [0.2, 0.25) is 5.43 Å². The largest absolute Gasteiger partial charge is 0.503 e. The summed E-state index contributed by atoms with van der Waals surface area (Å²) in [6, 6.07) is 1.22. The number of aromatic nitrogens is 2. The second-order valence-electron chi connectivity index (χ2n) is 6.72. The molecule has 0 aromatic carbocycles. The Morgan fingerprint density at radius 3 is 3.00 bits per heavy atom. The van der Waals surface area contributed by atoms with Crippen molar-refractivity contribution < 1.29 is 23.8 Å². The topological polar surface area (TPSA) is 114 Å². The van der Waals surface area contributed by atoms with Gasteiger partial charge in [-0.25, -0.2) is 4.39 Å². The highest BCUT2D eigenvalue weighted by molar-refractivity contribution is 5.99. The molecule has 1 saturated heterocycles. The molecular weight excluding hydrogens is 371 g/mol. The zero-order valence-electron chi connectivity index (χ0n) is 14.9. The van der Waals surface area contributed by atoms with Crippen LogP contribution in [-0.2, 0) is 17.8 Å². The number of carbonyl (C=O) groups excluding carboxylic acids is 2. The quantitative estimate of drug-likeness (QED) is 0.778. The lowest BCUT2D eigenvalue weighted by molar-refractivity contribution is 0.00624. The van der Waals surface area contributed by atoms with Gasteiger partial charge in [0.15, 0.2) is 17.7 Å².